The lowest BCUT2D eigenvalue weighted by Gasteiger charge is -2.10. The zero-order chi connectivity index (χ0) is 19.2. The van der Waals surface area contributed by atoms with Gasteiger partial charge >= 0.3 is 0 Å². The fourth-order valence-corrected chi connectivity index (χ4v) is 3.12. The van der Waals surface area contributed by atoms with Gasteiger partial charge in [0, 0.05) is 10.0 Å². The predicted molar refractivity (Wildman–Crippen MR) is 111 cm³/mol. The van der Waals surface area contributed by atoms with Crippen molar-refractivity contribution in [3.8, 4) is 11.5 Å². The zero-order valence-electron chi connectivity index (χ0n) is 15.0. The van der Waals surface area contributed by atoms with Crippen LogP contribution in [0.25, 0.3) is 10.8 Å². The van der Waals surface area contributed by atoms with E-state index in [4.69, 9.17) is 9.47 Å². The van der Waals surface area contributed by atoms with Crippen molar-refractivity contribution in [2.45, 2.75) is 6.92 Å². The maximum Gasteiger partial charge on any atom is 0.275 e. The number of halogens is 1. The third-order valence-corrected chi connectivity index (χ3v) is 4.49. The molecule has 0 aromatic heterocycles. The Labute approximate surface area is 166 Å². The highest BCUT2D eigenvalue weighted by molar-refractivity contribution is 9.10. The Hall–Kier alpha value is -2.86. The molecule has 0 unspecified atom stereocenters. The smallest absolute Gasteiger partial charge is 0.275 e. The molecule has 0 saturated heterocycles. The molecule has 1 N–H and O–H groups in total. The molecule has 0 fully saturated rings. The average molecular weight is 427 g/mol. The minimum atomic E-state index is -0.359. The third-order valence-electron chi connectivity index (χ3n) is 4.00. The van der Waals surface area contributed by atoms with Crippen LogP contribution in [0, 0.1) is 0 Å². The predicted octanol–water partition coefficient (Wildman–Crippen LogP) is 4.77. The van der Waals surface area contributed by atoms with Crippen LogP contribution in [0.3, 0.4) is 0 Å². The van der Waals surface area contributed by atoms with Crippen molar-refractivity contribution in [1.29, 1.82) is 0 Å². The molecule has 3 aromatic rings. The Kier molecular flexibility index (Phi) is 6.08. The molecule has 3 rings (SSSR count). The Bertz CT molecular complexity index is 1000. The number of hydrogen-bond donors (Lipinski definition) is 1. The minimum absolute atomic E-state index is 0.359. The number of nitrogens with zero attached hydrogens (tertiary/aromatic N) is 1. The van der Waals surface area contributed by atoms with E-state index in [1.165, 1.54) is 7.11 Å². The largest absolute Gasteiger partial charge is 0.496 e. The number of carbonyl (C=O) groups excluding carboxylic acids is 1. The number of nitrogens with one attached hydrogen (secondary N) is 1. The molecule has 138 valence electrons. The molecule has 0 aliphatic heterocycles. The van der Waals surface area contributed by atoms with Crippen LogP contribution in [0.1, 0.15) is 22.8 Å². The van der Waals surface area contributed by atoms with Gasteiger partial charge in [-0.25, -0.2) is 5.43 Å². The molecule has 1 amide bonds. The molecule has 5 nitrogen and oxygen atoms in total. The highest BCUT2D eigenvalue weighted by Crippen LogP contribution is 2.27. The molecule has 0 bridgehead atoms. The molecule has 0 radical (unpaired) electrons. The second-order valence-corrected chi connectivity index (χ2v) is 6.59. The molecule has 27 heavy (non-hydrogen) atoms. The Morgan fingerprint density at radius 2 is 1.93 bits per heavy atom. The second kappa shape index (κ2) is 8.68. The highest BCUT2D eigenvalue weighted by atomic mass is 79.9. The van der Waals surface area contributed by atoms with Crippen molar-refractivity contribution >= 4 is 38.8 Å². The van der Waals surface area contributed by atoms with Gasteiger partial charge < -0.3 is 9.47 Å². The fourth-order valence-electron chi connectivity index (χ4n) is 2.76. The monoisotopic (exact) mass is 426 g/mol. The van der Waals surface area contributed by atoms with E-state index in [-0.39, 0.29) is 5.91 Å². The first-order chi connectivity index (χ1) is 13.1. The number of benzene rings is 3. The van der Waals surface area contributed by atoms with Gasteiger partial charge in [0.15, 0.2) is 0 Å². The van der Waals surface area contributed by atoms with Crippen molar-refractivity contribution in [2.75, 3.05) is 13.7 Å². The summed E-state index contributed by atoms with van der Waals surface area (Å²) in [5.74, 6) is 0.836. The lowest BCUT2D eigenvalue weighted by atomic mass is 10.0. The molecular weight excluding hydrogens is 408 g/mol. The fraction of sp³-hybridized carbons (Fsp3) is 0.143. The van der Waals surface area contributed by atoms with Crippen molar-refractivity contribution in [1.82, 2.24) is 5.43 Å². The van der Waals surface area contributed by atoms with Crippen LogP contribution in [0.15, 0.2) is 64.2 Å². The van der Waals surface area contributed by atoms with Gasteiger partial charge in [0.2, 0.25) is 0 Å². The molecular formula is C21H19BrN2O3. The van der Waals surface area contributed by atoms with Crippen LogP contribution in [0.4, 0.5) is 0 Å². The summed E-state index contributed by atoms with van der Waals surface area (Å²) in [6, 6.07) is 17.1. The van der Waals surface area contributed by atoms with Gasteiger partial charge in [-0.1, -0.05) is 46.3 Å². The summed E-state index contributed by atoms with van der Waals surface area (Å²) in [6.07, 6.45) is 1.61. The summed E-state index contributed by atoms with van der Waals surface area (Å²) < 4.78 is 11.7. The van der Waals surface area contributed by atoms with E-state index >= 15 is 0 Å². The zero-order valence-corrected chi connectivity index (χ0v) is 16.6. The normalized spacial score (nSPS) is 10.9. The molecule has 3 aromatic carbocycles. The summed E-state index contributed by atoms with van der Waals surface area (Å²) in [5.41, 5.74) is 3.77. The summed E-state index contributed by atoms with van der Waals surface area (Å²) >= 11 is 3.36. The lowest BCUT2D eigenvalue weighted by molar-refractivity contribution is 0.0952. The van der Waals surface area contributed by atoms with Crippen LogP contribution in [-0.2, 0) is 0 Å². The van der Waals surface area contributed by atoms with E-state index in [1.54, 1.807) is 18.3 Å². The number of ether oxygens (including phenoxy) is 2. The molecule has 0 aliphatic rings. The first-order valence-corrected chi connectivity index (χ1v) is 9.24. The number of methoxy groups -OCH3 is 1. The van der Waals surface area contributed by atoms with Crippen LogP contribution in [0.5, 0.6) is 11.5 Å². The summed E-state index contributed by atoms with van der Waals surface area (Å²) in [5, 5.41) is 6.21. The van der Waals surface area contributed by atoms with Gasteiger partial charge in [-0.05, 0) is 42.0 Å². The first kappa shape index (κ1) is 18.9. The number of hydrogen-bond acceptors (Lipinski definition) is 4. The van der Waals surface area contributed by atoms with Gasteiger partial charge in [0.05, 0.1) is 25.5 Å². The number of rotatable bonds is 6. The average Bonchev–Trinajstić information content (AvgIpc) is 2.69. The van der Waals surface area contributed by atoms with Crippen LogP contribution in [0.2, 0.25) is 0 Å². The van der Waals surface area contributed by atoms with Crippen molar-refractivity contribution < 1.29 is 14.3 Å². The number of hydrazone groups is 1. The van der Waals surface area contributed by atoms with E-state index in [2.05, 4.69) is 26.5 Å². The van der Waals surface area contributed by atoms with Crippen molar-refractivity contribution in [2.24, 2.45) is 5.10 Å². The lowest BCUT2D eigenvalue weighted by Crippen LogP contribution is -2.18. The number of fused-ring (bicyclic) bond motifs is 1. The third kappa shape index (κ3) is 4.28. The quantitative estimate of drug-likeness (QED) is 0.455. The maximum atomic E-state index is 12.5. The van der Waals surface area contributed by atoms with Crippen LogP contribution in [-0.4, -0.2) is 25.8 Å². The van der Waals surface area contributed by atoms with Crippen molar-refractivity contribution in [3.05, 3.63) is 70.2 Å². The van der Waals surface area contributed by atoms with Crippen LogP contribution >= 0.6 is 15.9 Å². The van der Waals surface area contributed by atoms with Gasteiger partial charge in [0.25, 0.3) is 5.91 Å². The highest BCUT2D eigenvalue weighted by Gasteiger charge is 2.12. The molecule has 0 saturated carbocycles. The van der Waals surface area contributed by atoms with Gasteiger partial charge in [-0.15, -0.1) is 0 Å². The Balaban J connectivity index is 1.89. The molecule has 0 spiro atoms. The van der Waals surface area contributed by atoms with E-state index in [9.17, 15) is 4.79 Å². The first-order valence-electron chi connectivity index (χ1n) is 8.45. The molecule has 0 aliphatic carbocycles. The number of carbonyl (C=O) groups is 1. The van der Waals surface area contributed by atoms with Gasteiger partial charge in [-0.2, -0.15) is 5.10 Å². The molecule has 0 atom stereocenters. The Morgan fingerprint density at radius 3 is 2.70 bits per heavy atom. The molecule has 6 heteroatoms. The van der Waals surface area contributed by atoms with Crippen LogP contribution < -0.4 is 14.9 Å². The van der Waals surface area contributed by atoms with Gasteiger partial charge in [-0.3, -0.25) is 4.79 Å². The van der Waals surface area contributed by atoms with E-state index in [0.29, 0.717) is 23.7 Å². The number of amides is 1. The summed E-state index contributed by atoms with van der Waals surface area (Å²) in [4.78, 5) is 12.5. The Morgan fingerprint density at radius 1 is 1.15 bits per heavy atom. The van der Waals surface area contributed by atoms with E-state index in [1.807, 2.05) is 49.4 Å². The topological polar surface area (TPSA) is 59.9 Å². The summed E-state index contributed by atoms with van der Waals surface area (Å²) in [7, 11) is 1.52. The SMILES string of the molecule is CCOc1ccc2ccccc2c1/C=N\NC(=O)c1cc(Br)ccc1OC. The van der Waals surface area contributed by atoms with E-state index < -0.39 is 0 Å². The van der Waals surface area contributed by atoms with Gasteiger partial charge in [0.1, 0.15) is 11.5 Å². The second-order valence-electron chi connectivity index (χ2n) is 5.68. The standard InChI is InChI=1S/C21H19BrN2O3/c1-3-27-20-10-8-14-6-4-5-7-16(14)18(20)13-23-24-21(25)17-12-15(22)9-11-19(17)26-2/h4-13H,3H2,1-2H3,(H,24,25)/b23-13-. The maximum absolute atomic E-state index is 12.5. The van der Waals surface area contributed by atoms with E-state index in [0.717, 1.165) is 20.8 Å². The summed E-state index contributed by atoms with van der Waals surface area (Å²) in [6.45, 7) is 2.47. The minimum Gasteiger partial charge on any atom is -0.496 e. The molecule has 0 heterocycles. The van der Waals surface area contributed by atoms with Crippen molar-refractivity contribution in [3.63, 3.8) is 0 Å².